The summed E-state index contributed by atoms with van der Waals surface area (Å²) in [5, 5.41) is 9.15. The van der Waals surface area contributed by atoms with Crippen molar-refractivity contribution in [2.24, 2.45) is 0 Å². The third-order valence-electron chi connectivity index (χ3n) is 6.17. The molecule has 0 atom stereocenters. The number of hydrogen-bond acceptors (Lipinski definition) is 6. The Balaban J connectivity index is 1.50. The summed E-state index contributed by atoms with van der Waals surface area (Å²) in [5.41, 5.74) is 3.40. The van der Waals surface area contributed by atoms with Gasteiger partial charge in [0.05, 0.1) is 25.2 Å². The number of benzene rings is 2. The van der Waals surface area contributed by atoms with Gasteiger partial charge in [0.2, 0.25) is 5.95 Å². The van der Waals surface area contributed by atoms with Crippen molar-refractivity contribution < 1.29 is 19.0 Å². The molecular weight excluding hydrogens is 411 g/mol. The van der Waals surface area contributed by atoms with Crippen molar-refractivity contribution in [3.8, 4) is 11.1 Å². The largest absolute Gasteiger partial charge is 0.395 e. The molecule has 1 aromatic heterocycles. The van der Waals surface area contributed by atoms with E-state index in [2.05, 4.69) is 9.97 Å². The van der Waals surface area contributed by atoms with E-state index in [0.29, 0.717) is 42.4 Å². The zero-order valence-electron chi connectivity index (χ0n) is 17.7. The normalized spacial score (nSPS) is 16.0. The minimum Gasteiger partial charge on any atom is -0.395 e. The van der Waals surface area contributed by atoms with E-state index in [1.54, 1.807) is 37.6 Å². The molecule has 1 saturated heterocycles. The van der Waals surface area contributed by atoms with E-state index in [-0.39, 0.29) is 30.3 Å². The molecule has 2 aromatic carbocycles. The number of nitrogens with zero attached hydrogens (tertiary/aromatic N) is 4. The molecule has 3 aromatic rings. The minimum atomic E-state index is -0.323. The second-order valence-electron chi connectivity index (χ2n) is 8.29. The van der Waals surface area contributed by atoms with Gasteiger partial charge >= 0.3 is 0 Å². The lowest BCUT2D eigenvalue weighted by Gasteiger charge is -2.38. The molecule has 7 nitrogen and oxygen atoms in total. The molecule has 1 amide bonds. The highest BCUT2D eigenvalue weighted by atomic mass is 19.1. The van der Waals surface area contributed by atoms with Gasteiger partial charge in [-0.05, 0) is 23.8 Å². The minimum absolute atomic E-state index is 0.0953. The molecule has 8 heteroatoms. The van der Waals surface area contributed by atoms with Crippen LogP contribution in [0.3, 0.4) is 0 Å². The lowest BCUT2D eigenvalue weighted by molar-refractivity contribution is -0.0507. The number of fused-ring (bicyclic) bond motifs is 2. The van der Waals surface area contributed by atoms with Crippen molar-refractivity contribution in [3.63, 3.8) is 0 Å². The summed E-state index contributed by atoms with van der Waals surface area (Å²) < 4.78 is 19.7. The Kier molecular flexibility index (Phi) is 5.11. The van der Waals surface area contributed by atoms with Gasteiger partial charge < -0.3 is 19.6 Å². The van der Waals surface area contributed by atoms with Crippen LogP contribution in [0.4, 0.5) is 16.0 Å². The number of halogens is 1. The van der Waals surface area contributed by atoms with Crippen molar-refractivity contribution in [1.29, 1.82) is 0 Å². The summed E-state index contributed by atoms with van der Waals surface area (Å²) in [6.45, 7) is 2.01. The van der Waals surface area contributed by atoms with Crippen LogP contribution >= 0.6 is 0 Å². The van der Waals surface area contributed by atoms with E-state index in [4.69, 9.17) is 9.84 Å². The van der Waals surface area contributed by atoms with Crippen molar-refractivity contribution >= 4 is 17.5 Å². The van der Waals surface area contributed by atoms with Crippen LogP contribution in [0.15, 0.2) is 54.9 Å². The first-order valence-corrected chi connectivity index (χ1v) is 10.5. The fourth-order valence-corrected chi connectivity index (χ4v) is 4.35. The molecule has 164 valence electrons. The zero-order chi connectivity index (χ0) is 22.3. The number of likely N-dealkylation sites (N-methyl/N-ethyl adjacent to an activating group) is 1. The first-order chi connectivity index (χ1) is 15.5. The van der Waals surface area contributed by atoms with Gasteiger partial charge in [-0.1, -0.05) is 24.3 Å². The summed E-state index contributed by atoms with van der Waals surface area (Å²) in [5.74, 6) is 0.00273. The van der Waals surface area contributed by atoms with Gasteiger partial charge in [0, 0.05) is 54.9 Å². The number of anilines is 2. The molecule has 0 unspecified atom stereocenters. The van der Waals surface area contributed by atoms with Crippen LogP contribution < -0.4 is 4.90 Å². The van der Waals surface area contributed by atoms with E-state index >= 15 is 0 Å². The molecule has 3 heterocycles. The smallest absolute Gasteiger partial charge is 0.253 e. The molecular formula is C24H23FN4O3. The molecule has 1 N–H and O–H groups in total. The fraction of sp³-hybridized carbons (Fsp3) is 0.292. The third-order valence-corrected chi connectivity index (χ3v) is 6.17. The van der Waals surface area contributed by atoms with Gasteiger partial charge in [-0.2, -0.15) is 0 Å². The third kappa shape index (κ3) is 3.32. The van der Waals surface area contributed by atoms with Crippen molar-refractivity contribution in [1.82, 2.24) is 14.9 Å². The Morgan fingerprint density at radius 3 is 2.62 bits per heavy atom. The number of aliphatic hydroxyl groups is 1. The maximum absolute atomic E-state index is 14.1. The lowest BCUT2D eigenvalue weighted by Crippen LogP contribution is -2.49. The molecule has 2 aliphatic heterocycles. The van der Waals surface area contributed by atoms with Crippen molar-refractivity contribution in [2.75, 3.05) is 44.9 Å². The Hall–Kier alpha value is -3.36. The Bertz CT molecular complexity index is 1160. The second-order valence-corrected chi connectivity index (χ2v) is 8.29. The van der Waals surface area contributed by atoms with Gasteiger partial charge in [0.15, 0.2) is 0 Å². The maximum Gasteiger partial charge on any atom is 0.253 e. The number of carbonyl (C=O) groups excluding carboxylic acids is 1. The molecule has 1 spiro atoms. The molecule has 1 fully saturated rings. The number of rotatable bonds is 5. The van der Waals surface area contributed by atoms with Gasteiger partial charge in [-0.15, -0.1) is 0 Å². The Labute approximate surface area is 185 Å². The highest BCUT2D eigenvalue weighted by Gasteiger charge is 2.49. The van der Waals surface area contributed by atoms with Gasteiger partial charge in [0.1, 0.15) is 5.82 Å². The number of hydrogen-bond donors (Lipinski definition) is 1. The maximum atomic E-state index is 14.1. The van der Waals surface area contributed by atoms with Crippen LogP contribution in [0.25, 0.3) is 11.1 Å². The second kappa shape index (κ2) is 7.96. The monoisotopic (exact) mass is 434 g/mol. The van der Waals surface area contributed by atoms with Crippen LogP contribution in [-0.4, -0.2) is 65.8 Å². The first kappa shape index (κ1) is 20.5. The summed E-state index contributed by atoms with van der Waals surface area (Å²) in [4.78, 5) is 25.3. The highest BCUT2D eigenvalue weighted by Crippen LogP contribution is 2.47. The molecule has 0 radical (unpaired) electrons. The van der Waals surface area contributed by atoms with Crippen LogP contribution in [0, 0.1) is 5.82 Å². The molecule has 0 bridgehead atoms. The number of ether oxygens (including phenoxy) is 1. The molecule has 0 saturated carbocycles. The van der Waals surface area contributed by atoms with Crippen molar-refractivity contribution in [3.05, 3.63) is 71.8 Å². The number of amides is 1. The average molecular weight is 434 g/mol. The Morgan fingerprint density at radius 1 is 1.22 bits per heavy atom. The first-order valence-electron chi connectivity index (χ1n) is 10.5. The quantitative estimate of drug-likeness (QED) is 0.665. The number of aromatic nitrogens is 2. The number of aliphatic hydroxyl groups excluding tert-OH is 1. The predicted molar refractivity (Wildman–Crippen MR) is 117 cm³/mol. The van der Waals surface area contributed by atoms with E-state index in [9.17, 15) is 9.18 Å². The van der Waals surface area contributed by atoms with Gasteiger partial charge in [-0.3, -0.25) is 4.79 Å². The fourth-order valence-electron chi connectivity index (χ4n) is 4.35. The van der Waals surface area contributed by atoms with Gasteiger partial charge in [-0.25, -0.2) is 14.4 Å². The summed E-state index contributed by atoms with van der Waals surface area (Å²) in [6.07, 6.45) is 3.24. The van der Waals surface area contributed by atoms with E-state index in [1.807, 2.05) is 23.1 Å². The van der Waals surface area contributed by atoms with E-state index in [0.717, 1.165) is 11.3 Å². The zero-order valence-corrected chi connectivity index (χ0v) is 17.7. The van der Waals surface area contributed by atoms with Gasteiger partial charge in [0.25, 0.3) is 5.91 Å². The average Bonchev–Trinajstić information content (AvgIpc) is 3.14. The van der Waals surface area contributed by atoms with Crippen LogP contribution in [-0.2, 0) is 10.2 Å². The van der Waals surface area contributed by atoms with Crippen LogP contribution in [0.5, 0.6) is 0 Å². The standard InChI is InChI=1S/C24H23FN4O3/c1-28(8-9-30)22(31)16-6-7-19-21(10-16)29(13-24(19)14-32-15-24)23-26-11-17(12-27-23)18-4-2-3-5-20(18)25/h2-7,10-12,30H,8-9,13-15H2,1H3. The summed E-state index contributed by atoms with van der Waals surface area (Å²) in [6, 6.07) is 12.2. The molecule has 32 heavy (non-hydrogen) atoms. The highest BCUT2D eigenvalue weighted by molar-refractivity contribution is 5.96. The SMILES string of the molecule is CN(CCO)C(=O)c1ccc2c(c1)N(c1ncc(-c3ccccc3F)cn1)CC21COC1. The van der Waals surface area contributed by atoms with Crippen molar-refractivity contribution in [2.45, 2.75) is 5.41 Å². The predicted octanol–water partition coefficient (Wildman–Crippen LogP) is 2.77. The van der Waals surface area contributed by atoms with Crippen LogP contribution in [0.1, 0.15) is 15.9 Å². The summed E-state index contributed by atoms with van der Waals surface area (Å²) in [7, 11) is 1.66. The topological polar surface area (TPSA) is 78.8 Å². The molecule has 5 rings (SSSR count). The van der Waals surface area contributed by atoms with E-state index in [1.165, 1.54) is 11.0 Å². The molecule has 0 aliphatic carbocycles. The van der Waals surface area contributed by atoms with Crippen LogP contribution in [0.2, 0.25) is 0 Å². The Morgan fingerprint density at radius 2 is 1.97 bits per heavy atom. The molecule has 2 aliphatic rings. The summed E-state index contributed by atoms with van der Waals surface area (Å²) >= 11 is 0. The number of carbonyl (C=O) groups is 1. The lowest BCUT2D eigenvalue weighted by atomic mass is 9.80. The van der Waals surface area contributed by atoms with E-state index < -0.39 is 0 Å².